The minimum atomic E-state index is -0.626. The summed E-state index contributed by atoms with van der Waals surface area (Å²) < 4.78 is 11.0. The highest BCUT2D eigenvalue weighted by molar-refractivity contribution is 5.97. The summed E-state index contributed by atoms with van der Waals surface area (Å²) in [6.45, 7) is 5.32. The quantitative estimate of drug-likeness (QED) is 0.533. The van der Waals surface area contributed by atoms with Crippen LogP contribution in [0.5, 0.6) is 5.75 Å². The smallest absolute Gasteiger partial charge is 0.339 e. The van der Waals surface area contributed by atoms with E-state index >= 15 is 0 Å². The summed E-state index contributed by atoms with van der Waals surface area (Å²) in [6, 6.07) is 12.4. The van der Waals surface area contributed by atoms with Crippen molar-refractivity contribution in [2.75, 3.05) is 6.61 Å². The number of aliphatic hydroxyl groups excluding tert-OH is 1. The van der Waals surface area contributed by atoms with Crippen LogP contribution in [0.25, 0.3) is 11.0 Å². The lowest BCUT2D eigenvalue weighted by atomic mass is 10.0. The first-order chi connectivity index (χ1) is 12.8. The number of benzene rings is 2. The van der Waals surface area contributed by atoms with E-state index < -0.39 is 11.7 Å². The average Bonchev–Trinajstić information content (AvgIpc) is 2.63. The Morgan fingerprint density at radius 1 is 1.15 bits per heavy atom. The Bertz CT molecular complexity index is 1030. The topological polar surface area (TPSA) is 76.7 Å². The van der Waals surface area contributed by atoms with Crippen LogP contribution in [0.4, 0.5) is 0 Å². The molecule has 1 heterocycles. The number of carbonyl (C=O) groups excluding carboxylic acids is 1. The van der Waals surface area contributed by atoms with Crippen molar-refractivity contribution in [1.29, 1.82) is 0 Å². The van der Waals surface area contributed by atoms with Crippen LogP contribution in [0.1, 0.15) is 34.0 Å². The van der Waals surface area contributed by atoms with Gasteiger partial charge in [-0.15, -0.1) is 0 Å². The molecule has 0 aliphatic heterocycles. The first-order valence-electron chi connectivity index (χ1n) is 8.82. The minimum Gasteiger partial charge on any atom is -0.485 e. The van der Waals surface area contributed by atoms with Crippen LogP contribution in [0.2, 0.25) is 0 Å². The second-order valence-corrected chi connectivity index (χ2v) is 6.78. The van der Waals surface area contributed by atoms with E-state index in [4.69, 9.17) is 9.15 Å². The van der Waals surface area contributed by atoms with Crippen LogP contribution in [0.15, 0.2) is 51.7 Å². The number of aryl methyl sites for hydroxylation is 2. The maximum atomic E-state index is 12.2. The third kappa shape index (κ3) is 4.26. The Labute approximate surface area is 157 Å². The molecule has 0 bridgehead atoms. The van der Waals surface area contributed by atoms with Crippen molar-refractivity contribution in [3.05, 3.63) is 75.1 Å². The summed E-state index contributed by atoms with van der Waals surface area (Å²) in [4.78, 5) is 24.4. The van der Waals surface area contributed by atoms with Gasteiger partial charge in [0.2, 0.25) is 0 Å². The lowest BCUT2D eigenvalue weighted by Gasteiger charge is -2.11. The van der Waals surface area contributed by atoms with Crippen LogP contribution in [-0.2, 0) is 6.42 Å². The molecule has 3 rings (SSSR count). The third-order valence-electron chi connectivity index (χ3n) is 4.50. The highest BCUT2D eigenvalue weighted by Gasteiger charge is 2.14. The van der Waals surface area contributed by atoms with E-state index in [1.165, 1.54) is 0 Å². The van der Waals surface area contributed by atoms with Gasteiger partial charge in [0.1, 0.15) is 11.3 Å². The normalized spacial score (nSPS) is 12.1. The molecule has 27 heavy (non-hydrogen) atoms. The Morgan fingerprint density at radius 3 is 2.52 bits per heavy atom. The molecule has 3 aromatic rings. The van der Waals surface area contributed by atoms with Crippen molar-refractivity contribution in [2.24, 2.45) is 0 Å². The van der Waals surface area contributed by atoms with E-state index in [2.05, 4.69) is 0 Å². The van der Waals surface area contributed by atoms with Crippen molar-refractivity contribution in [1.82, 2.24) is 0 Å². The molecule has 0 spiro atoms. The van der Waals surface area contributed by atoms with E-state index in [0.717, 1.165) is 16.5 Å². The van der Waals surface area contributed by atoms with Gasteiger partial charge in [-0.2, -0.15) is 0 Å². The van der Waals surface area contributed by atoms with Crippen LogP contribution >= 0.6 is 0 Å². The van der Waals surface area contributed by atoms with Gasteiger partial charge in [-0.1, -0.05) is 29.8 Å². The standard InChI is InChI=1S/C22H22O5/c1-13-4-6-16(7-5-13)20(24)12-26-17-8-9-18-15(3)19(10-14(2)23)22(25)27-21(18)11-17/h4-9,11,14,23H,10,12H2,1-3H3/t14-/m1/s1. The summed E-state index contributed by atoms with van der Waals surface area (Å²) in [6.07, 6.45) is -0.382. The number of carbonyl (C=O) groups is 1. The first-order valence-corrected chi connectivity index (χ1v) is 8.82. The van der Waals surface area contributed by atoms with E-state index in [-0.39, 0.29) is 18.8 Å². The molecule has 140 valence electrons. The predicted molar refractivity (Wildman–Crippen MR) is 104 cm³/mol. The minimum absolute atomic E-state index is 0.0993. The fourth-order valence-corrected chi connectivity index (χ4v) is 2.97. The fourth-order valence-electron chi connectivity index (χ4n) is 2.97. The number of aliphatic hydroxyl groups is 1. The van der Waals surface area contributed by atoms with Gasteiger partial charge in [0.15, 0.2) is 12.4 Å². The van der Waals surface area contributed by atoms with Crippen molar-refractivity contribution in [3.63, 3.8) is 0 Å². The van der Waals surface area contributed by atoms with Crippen molar-refractivity contribution in [3.8, 4) is 5.75 Å². The molecule has 0 radical (unpaired) electrons. The molecule has 5 nitrogen and oxygen atoms in total. The number of ketones is 1. The van der Waals surface area contributed by atoms with Crippen molar-refractivity contribution < 1.29 is 19.1 Å². The third-order valence-corrected chi connectivity index (χ3v) is 4.50. The number of hydrogen-bond acceptors (Lipinski definition) is 5. The van der Waals surface area contributed by atoms with Gasteiger partial charge in [-0.3, -0.25) is 4.79 Å². The number of Topliss-reactive ketones (excluding diaryl/α,β-unsaturated/α-hetero) is 1. The van der Waals surface area contributed by atoms with Gasteiger partial charge in [-0.05, 0) is 38.5 Å². The van der Waals surface area contributed by atoms with E-state index in [0.29, 0.717) is 22.5 Å². The molecule has 0 saturated carbocycles. The Morgan fingerprint density at radius 2 is 1.85 bits per heavy atom. The van der Waals surface area contributed by atoms with Gasteiger partial charge < -0.3 is 14.3 Å². The lowest BCUT2D eigenvalue weighted by Crippen LogP contribution is -2.16. The number of ether oxygens (including phenoxy) is 1. The predicted octanol–water partition coefficient (Wildman–Crippen LogP) is 3.59. The SMILES string of the molecule is Cc1ccc(C(=O)COc2ccc3c(C)c(C[C@@H](C)O)c(=O)oc3c2)cc1. The zero-order chi connectivity index (χ0) is 19.6. The van der Waals surface area contributed by atoms with Crippen LogP contribution < -0.4 is 10.4 Å². The summed E-state index contributed by atoms with van der Waals surface area (Å²) in [7, 11) is 0. The van der Waals surface area contributed by atoms with Gasteiger partial charge in [0, 0.05) is 29.0 Å². The molecular weight excluding hydrogens is 344 g/mol. The van der Waals surface area contributed by atoms with Crippen LogP contribution in [0.3, 0.4) is 0 Å². The van der Waals surface area contributed by atoms with Crippen molar-refractivity contribution in [2.45, 2.75) is 33.3 Å². The van der Waals surface area contributed by atoms with Crippen LogP contribution in [-0.4, -0.2) is 23.6 Å². The summed E-state index contributed by atoms with van der Waals surface area (Å²) >= 11 is 0. The Balaban J connectivity index is 1.81. The molecule has 0 aliphatic carbocycles. The molecule has 0 unspecified atom stereocenters. The summed E-state index contributed by atoms with van der Waals surface area (Å²) in [5.74, 6) is 0.328. The van der Waals surface area contributed by atoms with E-state index in [1.807, 2.05) is 26.0 Å². The Kier molecular flexibility index (Phi) is 5.42. The van der Waals surface area contributed by atoms with Gasteiger partial charge in [0.05, 0.1) is 6.10 Å². The zero-order valence-corrected chi connectivity index (χ0v) is 15.6. The molecule has 1 N–H and O–H groups in total. The number of hydrogen-bond donors (Lipinski definition) is 1. The molecule has 0 amide bonds. The Hall–Kier alpha value is -2.92. The fraction of sp³-hybridized carbons (Fsp3) is 0.273. The molecule has 5 heteroatoms. The average molecular weight is 366 g/mol. The van der Waals surface area contributed by atoms with Gasteiger partial charge in [0.25, 0.3) is 0 Å². The first kappa shape index (κ1) is 18.9. The highest BCUT2D eigenvalue weighted by atomic mass is 16.5. The maximum absolute atomic E-state index is 12.2. The highest BCUT2D eigenvalue weighted by Crippen LogP contribution is 2.25. The molecular formula is C22H22O5. The molecule has 0 aliphatic rings. The monoisotopic (exact) mass is 366 g/mol. The van der Waals surface area contributed by atoms with Crippen molar-refractivity contribution >= 4 is 16.8 Å². The summed E-state index contributed by atoms with van der Waals surface area (Å²) in [5, 5.41) is 10.3. The number of fused-ring (bicyclic) bond motifs is 1. The van der Waals surface area contributed by atoms with Gasteiger partial charge >= 0.3 is 5.63 Å². The molecule has 0 fully saturated rings. The number of rotatable bonds is 6. The molecule has 1 aromatic heterocycles. The van der Waals surface area contributed by atoms with Crippen LogP contribution in [0, 0.1) is 13.8 Å². The van der Waals surface area contributed by atoms with Gasteiger partial charge in [-0.25, -0.2) is 4.79 Å². The molecule has 1 atom stereocenters. The molecule has 2 aromatic carbocycles. The second kappa shape index (κ2) is 7.76. The largest absolute Gasteiger partial charge is 0.485 e. The zero-order valence-electron chi connectivity index (χ0n) is 15.6. The lowest BCUT2D eigenvalue weighted by molar-refractivity contribution is 0.0921. The maximum Gasteiger partial charge on any atom is 0.339 e. The summed E-state index contributed by atoms with van der Waals surface area (Å²) in [5.41, 5.74) is 2.86. The van der Waals surface area contributed by atoms with E-state index in [1.54, 1.807) is 37.3 Å². The second-order valence-electron chi connectivity index (χ2n) is 6.78. The molecule has 0 saturated heterocycles. The van der Waals surface area contributed by atoms with E-state index in [9.17, 15) is 14.7 Å².